The molecule has 0 aromatic rings. The van der Waals surface area contributed by atoms with Crippen LogP contribution in [0.2, 0.25) is 0 Å². The minimum atomic E-state index is -3.12. The van der Waals surface area contributed by atoms with Gasteiger partial charge in [0.2, 0.25) is 10.0 Å². The zero-order chi connectivity index (χ0) is 13.2. The molecule has 1 heterocycles. The van der Waals surface area contributed by atoms with Crippen LogP contribution >= 0.6 is 0 Å². The molecule has 3 unspecified atom stereocenters. The van der Waals surface area contributed by atoms with E-state index in [4.69, 9.17) is 0 Å². The highest BCUT2D eigenvalue weighted by molar-refractivity contribution is 7.89. The van der Waals surface area contributed by atoms with Gasteiger partial charge in [-0.3, -0.25) is 0 Å². The van der Waals surface area contributed by atoms with E-state index in [0.717, 1.165) is 19.4 Å². The largest absolute Gasteiger partial charge is 0.318 e. The van der Waals surface area contributed by atoms with E-state index in [1.54, 1.807) is 0 Å². The van der Waals surface area contributed by atoms with Crippen molar-refractivity contribution in [3.05, 3.63) is 0 Å². The Morgan fingerprint density at radius 1 is 1.22 bits per heavy atom. The smallest absolute Gasteiger partial charge is 0.218 e. The van der Waals surface area contributed by atoms with Crippen LogP contribution in [0.3, 0.4) is 0 Å². The van der Waals surface area contributed by atoms with Crippen LogP contribution in [0.5, 0.6) is 0 Å². The van der Waals surface area contributed by atoms with Gasteiger partial charge in [-0.1, -0.05) is 12.8 Å². The molecule has 1 aliphatic heterocycles. The number of hydrogen-bond acceptors (Lipinski definition) is 3. The van der Waals surface area contributed by atoms with Crippen molar-refractivity contribution in [3.8, 4) is 0 Å². The molecule has 5 heteroatoms. The second-order valence-electron chi connectivity index (χ2n) is 5.78. The highest BCUT2D eigenvalue weighted by Crippen LogP contribution is 2.37. The van der Waals surface area contributed by atoms with Crippen LogP contribution < -0.4 is 5.32 Å². The zero-order valence-corrected chi connectivity index (χ0v) is 12.4. The van der Waals surface area contributed by atoms with Gasteiger partial charge >= 0.3 is 0 Å². The Bertz CT molecular complexity index is 367. The van der Waals surface area contributed by atoms with Gasteiger partial charge in [0, 0.05) is 19.1 Å². The Morgan fingerprint density at radius 3 is 2.61 bits per heavy atom. The van der Waals surface area contributed by atoms with Crippen molar-refractivity contribution in [2.45, 2.75) is 56.7 Å². The lowest BCUT2D eigenvalue weighted by Crippen LogP contribution is -2.53. The molecule has 0 bridgehead atoms. The summed E-state index contributed by atoms with van der Waals surface area (Å²) in [7, 11) is -1.31. The van der Waals surface area contributed by atoms with Gasteiger partial charge in [-0.2, -0.15) is 4.31 Å². The third-order valence-electron chi connectivity index (χ3n) is 4.52. The maximum Gasteiger partial charge on any atom is 0.218 e. The molecule has 1 N–H and O–H groups in total. The monoisotopic (exact) mass is 274 g/mol. The first-order valence-electron chi connectivity index (χ1n) is 7.22. The summed E-state index contributed by atoms with van der Waals surface area (Å²) in [5, 5.41) is 2.66. The molecule has 1 aliphatic carbocycles. The summed E-state index contributed by atoms with van der Waals surface area (Å²) in [6.07, 6.45) is 7.01. The third kappa shape index (κ3) is 2.73. The highest BCUT2D eigenvalue weighted by atomic mass is 32.2. The first-order valence-corrected chi connectivity index (χ1v) is 8.73. The van der Waals surface area contributed by atoms with E-state index in [-0.39, 0.29) is 11.3 Å². The molecular weight excluding hydrogens is 248 g/mol. The number of fused-ring (bicyclic) bond motifs is 1. The number of sulfonamides is 1. The molecule has 1 saturated heterocycles. The Kier molecular flexibility index (Phi) is 4.67. The Morgan fingerprint density at radius 2 is 1.89 bits per heavy atom. The number of piperidine rings is 1. The van der Waals surface area contributed by atoms with Gasteiger partial charge in [0.15, 0.2) is 0 Å². The van der Waals surface area contributed by atoms with E-state index in [0.29, 0.717) is 12.5 Å². The predicted molar refractivity (Wildman–Crippen MR) is 74.0 cm³/mol. The van der Waals surface area contributed by atoms with E-state index in [2.05, 4.69) is 5.32 Å². The summed E-state index contributed by atoms with van der Waals surface area (Å²) >= 11 is 0. The molecule has 4 nitrogen and oxygen atoms in total. The quantitative estimate of drug-likeness (QED) is 0.847. The van der Waals surface area contributed by atoms with Gasteiger partial charge in [-0.25, -0.2) is 8.42 Å². The van der Waals surface area contributed by atoms with E-state index < -0.39 is 10.0 Å². The topological polar surface area (TPSA) is 49.4 Å². The average Bonchev–Trinajstić information content (AvgIpc) is 2.38. The summed E-state index contributed by atoms with van der Waals surface area (Å²) in [5.74, 6) is 0.615. The molecular formula is C13H26N2O2S. The lowest BCUT2D eigenvalue weighted by molar-refractivity contribution is 0.128. The van der Waals surface area contributed by atoms with E-state index in [1.165, 1.54) is 25.7 Å². The van der Waals surface area contributed by atoms with Gasteiger partial charge in [-0.15, -0.1) is 0 Å². The third-order valence-corrected chi connectivity index (χ3v) is 6.81. The normalized spacial score (nSPS) is 31.9. The Hall–Kier alpha value is -0.130. The van der Waals surface area contributed by atoms with Crippen molar-refractivity contribution in [1.82, 2.24) is 9.62 Å². The van der Waals surface area contributed by atoms with E-state index in [1.807, 2.05) is 18.3 Å². The average molecular weight is 274 g/mol. The Balaban J connectivity index is 2.15. The molecule has 106 valence electrons. The standard InChI is InChI=1S/C13H26N2O2S/c1-11(10-14-2)18(16,17)15-9-5-7-12-6-3-4-8-13(12)15/h11-14H,3-10H2,1-2H3. The molecule has 0 radical (unpaired) electrons. The zero-order valence-electron chi connectivity index (χ0n) is 11.6. The fourth-order valence-corrected chi connectivity index (χ4v) is 5.40. The molecule has 0 amide bonds. The number of hydrogen-bond donors (Lipinski definition) is 1. The summed E-state index contributed by atoms with van der Waals surface area (Å²) in [6.45, 7) is 3.09. The van der Waals surface area contributed by atoms with Gasteiger partial charge in [0.25, 0.3) is 0 Å². The van der Waals surface area contributed by atoms with Gasteiger partial charge in [-0.05, 0) is 45.6 Å². The van der Waals surface area contributed by atoms with Crippen LogP contribution in [-0.4, -0.2) is 44.2 Å². The van der Waals surface area contributed by atoms with Crippen molar-refractivity contribution in [1.29, 1.82) is 0 Å². The van der Waals surface area contributed by atoms with Gasteiger partial charge in [0.05, 0.1) is 5.25 Å². The first-order chi connectivity index (χ1) is 8.57. The minimum absolute atomic E-state index is 0.289. The van der Waals surface area contributed by atoms with Crippen LogP contribution in [0.1, 0.15) is 45.4 Å². The second kappa shape index (κ2) is 5.88. The fraction of sp³-hybridized carbons (Fsp3) is 1.00. The molecule has 0 aromatic heterocycles. The fourth-order valence-electron chi connectivity index (χ4n) is 3.52. The maximum absolute atomic E-state index is 12.6. The summed E-state index contributed by atoms with van der Waals surface area (Å²) in [5.41, 5.74) is 0. The molecule has 1 saturated carbocycles. The van der Waals surface area contributed by atoms with Crippen LogP contribution in [0.4, 0.5) is 0 Å². The number of nitrogens with one attached hydrogen (secondary N) is 1. The molecule has 3 atom stereocenters. The van der Waals surface area contributed by atoms with Gasteiger partial charge < -0.3 is 5.32 Å². The van der Waals surface area contributed by atoms with E-state index in [9.17, 15) is 8.42 Å². The lowest BCUT2D eigenvalue weighted by Gasteiger charge is -2.44. The van der Waals surface area contributed by atoms with Crippen LogP contribution in [-0.2, 0) is 10.0 Å². The summed E-state index contributed by atoms with van der Waals surface area (Å²) in [6, 6.07) is 0.289. The molecule has 2 aliphatic rings. The van der Waals surface area contributed by atoms with Crippen LogP contribution in [0.15, 0.2) is 0 Å². The number of nitrogens with zero attached hydrogens (tertiary/aromatic N) is 1. The van der Waals surface area contributed by atoms with Crippen molar-refractivity contribution in [2.24, 2.45) is 5.92 Å². The molecule has 18 heavy (non-hydrogen) atoms. The molecule has 2 fully saturated rings. The molecule has 0 aromatic carbocycles. The summed E-state index contributed by atoms with van der Waals surface area (Å²) in [4.78, 5) is 0. The maximum atomic E-state index is 12.6. The summed E-state index contributed by atoms with van der Waals surface area (Å²) < 4.78 is 27.1. The number of rotatable bonds is 4. The van der Waals surface area contributed by atoms with Gasteiger partial charge in [0.1, 0.15) is 0 Å². The van der Waals surface area contributed by atoms with E-state index >= 15 is 0 Å². The van der Waals surface area contributed by atoms with Crippen molar-refractivity contribution in [3.63, 3.8) is 0 Å². The van der Waals surface area contributed by atoms with Crippen molar-refractivity contribution in [2.75, 3.05) is 20.1 Å². The first kappa shape index (κ1) is 14.3. The van der Waals surface area contributed by atoms with Crippen LogP contribution in [0, 0.1) is 5.92 Å². The van der Waals surface area contributed by atoms with Crippen molar-refractivity contribution >= 4 is 10.0 Å². The molecule has 0 spiro atoms. The van der Waals surface area contributed by atoms with Crippen LogP contribution in [0.25, 0.3) is 0 Å². The predicted octanol–water partition coefficient (Wildman–Crippen LogP) is 1.58. The Labute approximate surface area is 111 Å². The molecule has 2 rings (SSSR count). The second-order valence-corrected chi connectivity index (χ2v) is 8.08. The lowest BCUT2D eigenvalue weighted by atomic mass is 9.79. The van der Waals surface area contributed by atoms with Crippen molar-refractivity contribution < 1.29 is 8.42 Å². The highest BCUT2D eigenvalue weighted by Gasteiger charge is 2.40. The SMILES string of the molecule is CNCC(C)S(=O)(=O)N1CCCC2CCCCC21. The minimum Gasteiger partial charge on any atom is -0.318 e.